The van der Waals surface area contributed by atoms with Crippen molar-refractivity contribution in [2.75, 3.05) is 13.2 Å². The van der Waals surface area contributed by atoms with E-state index in [4.69, 9.17) is 19.6 Å². The standard InChI is InChI=1S/C20H31N3O5/c1-19(2,3)27-17(24)22-16(21)23(18(25)28-20(4,5)6)12-13-26-14-15-10-8-7-9-11-15/h7-11H,12-14H2,1-6H3,(H2,21,22,24). The Morgan fingerprint density at radius 3 is 2.11 bits per heavy atom. The van der Waals surface area contributed by atoms with E-state index < -0.39 is 29.3 Å². The molecule has 0 unspecified atom stereocenters. The molecule has 0 aliphatic rings. The van der Waals surface area contributed by atoms with Crippen molar-refractivity contribution in [3.05, 3.63) is 35.9 Å². The Bertz CT molecular complexity index is 663. The molecular weight excluding hydrogens is 362 g/mol. The first-order valence-electron chi connectivity index (χ1n) is 9.08. The number of ether oxygens (including phenoxy) is 3. The van der Waals surface area contributed by atoms with E-state index >= 15 is 0 Å². The third-order valence-corrected chi connectivity index (χ3v) is 3.07. The molecule has 0 radical (unpaired) electrons. The highest BCUT2D eigenvalue weighted by molar-refractivity contribution is 5.99. The van der Waals surface area contributed by atoms with Crippen molar-refractivity contribution in [3.63, 3.8) is 0 Å². The molecule has 2 N–H and O–H groups in total. The molecule has 0 aliphatic heterocycles. The van der Waals surface area contributed by atoms with E-state index in [0.29, 0.717) is 6.61 Å². The van der Waals surface area contributed by atoms with Crippen molar-refractivity contribution in [2.24, 2.45) is 0 Å². The maximum absolute atomic E-state index is 12.4. The lowest BCUT2D eigenvalue weighted by Gasteiger charge is -2.28. The van der Waals surface area contributed by atoms with Gasteiger partial charge in [-0.15, -0.1) is 0 Å². The Morgan fingerprint density at radius 1 is 1.00 bits per heavy atom. The van der Waals surface area contributed by atoms with Crippen LogP contribution in [0.5, 0.6) is 0 Å². The fourth-order valence-corrected chi connectivity index (χ4v) is 2.00. The predicted molar refractivity (Wildman–Crippen MR) is 106 cm³/mol. The third-order valence-electron chi connectivity index (χ3n) is 3.07. The lowest BCUT2D eigenvalue weighted by molar-refractivity contribution is 0.0291. The highest BCUT2D eigenvalue weighted by Crippen LogP contribution is 2.11. The van der Waals surface area contributed by atoms with Crippen molar-refractivity contribution in [1.29, 1.82) is 5.41 Å². The third kappa shape index (κ3) is 9.91. The molecular formula is C20H31N3O5. The number of hydrogen-bond acceptors (Lipinski definition) is 6. The highest BCUT2D eigenvalue weighted by atomic mass is 16.6. The summed E-state index contributed by atoms with van der Waals surface area (Å²) in [6.45, 7) is 10.9. The predicted octanol–water partition coefficient (Wildman–Crippen LogP) is 3.90. The van der Waals surface area contributed by atoms with E-state index in [2.05, 4.69) is 5.32 Å². The van der Waals surface area contributed by atoms with Crippen molar-refractivity contribution in [2.45, 2.75) is 59.4 Å². The van der Waals surface area contributed by atoms with Crippen molar-refractivity contribution in [1.82, 2.24) is 10.2 Å². The number of alkyl carbamates (subject to hydrolysis) is 1. The first kappa shape index (κ1) is 23.4. The summed E-state index contributed by atoms with van der Waals surface area (Å²) in [5.74, 6) is -0.438. The van der Waals surface area contributed by atoms with Crippen LogP contribution < -0.4 is 5.32 Å². The second kappa shape index (κ2) is 10.1. The first-order valence-corrected chi connectivity index (χ1v) is 9.08. The highest BCUT2D eigenvalue weighted by Gasteiger charge is 2.27. The number of guanidine groups is 1. The van der Waals surface area contributed by atoms with Crippen molar-refractivity contribution >= 4 is 18.1 Å². The Morgan fingerprint density at radius 2 is 1.57 bits per heavy atom. The zero-order chi connectivity index (χ0) is 21.4. The van der Waals surface area contributed by atoms with Crippen molar-refractivity contribution in [3.8, 4) is 0 Å². The lowest BCUT2D eigenvalue weighted by atomic mass is 10.2. The fraction of sp³-hybridized carbons (Fsp3) is 0.550. The quantitative estimate of drug-likeness (QED) is 0.449. The van der Waals surface area contributed by atoms with Crippen LogP contribution in [0.4, 0.5) is 9.59 Å². The van der Waals surface area contributed by atoms with Gasteiger partial charge in [-0.1, -0.05) is 30.3 Å². The number of amides is 2. The lowest BCUT2D eigenvalue weighted by Crippen LogP contribution is -2.50. The van der Waals surface area contributed by atoms with Gasteiger partial charge in [0, 0.05) is 0 Å². The molecule has 1 aromatic carbocycles. The molecule has 156 valence electrons. The second-order valence-electron chi connectivity index (χ2n) is 8.15. The van der Waals surface area contributed by atoms with Gasteiger partial charge in [0.1, 0.15) is 11.2 Å². The summed E-state index contributed by atoms with van der Waals surface area (Å²) in [4.78, 5) is 25.4. The minimum Gasteiger partial charge on any atom is -0.444 e. The van der Waals surface area contributed by atoms with Crippen LogP contribution >= 0.6 is 0 Å². The Labute approximate surface area is 166 Å². The SMILES string of the molecule is CC(C)(C)OC(=O)NC(=N)N(CCOCc1ccccc1)C(=O)OC(C)(C)C. The van der Waals surface area contributed by atoms with Gasteiger partial charge in [0.2, 0.25) is 5.96 Å². The molecule has 1 rings (SSSR count). The zero-order valence-electron chi connectivity index (χ0n) is 17.5. The van der Waals surface area contributed by atoms with Crippen LogP contribution in [-0.2, 0) is 20.8 Å². The van der Waals surface area contributed by atoms with E-state index in [0.717, 1.165) is 10.5 Å². The van der Waals surface area contributed by atoms with Gasteiger partial charge in [-0.25, -0.2) is 14.5 Å². The largest absolute Gasteiger partial charge is 0.444 e. The molecule has 1 aromatic rings. The number of hydrogen-bond donors (Lipinski definition) is 2. The molecule has 0 fully saturated rings. The van der Waals surface area contributed by atoms with Gasteiger partial charge in [-0.2, -0.15) is 0 Å². The summed E-state index contributed by atoms with van der Waals surface area (Å²) in [6, 6.07) is 9.59. The molecule has 0 saturated carbocycles. The molecule has 0 aromatic heterocycles. The van der Waals surface area contributed by atoms with Gasteiger partial charge in [0.05, 0.1) is 19.8 Å². The molecule has 0 spiro atoms. The van der Waals surface area contributed by atoms with Crippen LogP contribution in [0.1, 0.15) is 47.1 Å². The van der Waals surface area contributed by atoms with Gasteiger partial charge in [-0.3, -0.25) is 10.7 Å². The number of rotatable bonds is 5. The fourth-order valence-electron chi connectivity index (χ4n) is 2.00. The maximum atomic E-state index is 12.4. The summed E-state index contributed by atoms with van der Waals surface area (Å²) in [5.41, 5.74) is -0.472. The molecule has 8 nitrogen and oxygen atoms in total. The summed E-state index contributed by atoms with van der Waals surface area (Å²) >= 11 is 0. The van der Waals surface area contributed by atoms with Gasteiger partial charge in [-0.05, 0) is 47.1 Å². The number of carbonyl (C=O) groups excluding carboxylic acids is 2. The minimum absolute atomic E-state index is 0.0381. The average Bonchev–Trinajstić information content (AvgIpc) is 2.51. The summed E-state index contributed by atoms with van der Waals surface area (Å²) in [6.07, 6.45) is -1.58. The molecule has 0 atom stereocenters. The van der Waals surface area contributed by atoms with Crippen LogP contribution in [0, 0.1) is 5.41 Å². The van der Waals surface area contributed by atoms with E-state index in [1.165, 1.54) is 0 Å². The zero-order valence-corrected chi connectivity index (χ0v) is 17.5. The second-order valence-corrected chi connectivity index (χ2v) is 8.15. The average molecular weight is 393 g/mol. The molecule has 0 bridgehead atoms. The van der Waals surface area contributed by atoms with E-state index in [-0.39, 0.29) is 13.2 Å². The Hall–Kier alpha value is -2.61. The molecule has 0 saturated heterocycles. The van der Waals surface area contributed by atoms with E-state index in [1.54, 1.807) is 41.5 Å². The topological polar surface area (TPSA) is 101 Å². The van der Waals surface area contributed by atoms with Crippen molar-refractivity contribution < 1.29 is 23.8 Å². The van der Waals surface area contributed by atoms with Gasteiger partial charge in [0.25, 0.3) is 0 Å². The van der Waals surface area contributed by atoms with Crippen LogP contribution in [0.15, 0.2) is 30.3 Å². The molecule has 8 heteroatoms. The molecule has 2 amide bonds. The first-order chi connectivity index (χ1) is 12.9. The monoisotopic (exact) mass is 393 g/mol. The summed E-state index contributed by atoms with van der Waals surface area (Å²) < 4.78 is 16.0. The number of nitrogens with zero attached hydrogens (tertiary/aromatic N) is 1. The molecule has 28 heavy (non-hydrogen) atoms. The number of benzene rings is 1. The normalized spacial score (nSPS) is 11.5. The number of nitrogens with one attached hydrogen (secondary N) is 2. The van der Waals surface area contributed by atoms with Crippen LogP contribution in [-0.4, -0.2) is 47.4 Å². The Kier molecular flexibility index (Phi) is 8.43. The van der Waals surface area contributed by atoms with E-state index in [9.17, 15) is 9.59 Å². The van der Waals surface area contributed by atoms with E-state index in [1.807, 2.05) is 30.3 Å². The van der Waals surface area contributed by atoms with Crippen LogP contribution in [0.2, 0.25) is 0 Å². The van der Waals surface area contributed by atoms with Gasteiger partial charge < -0.3 is 14.2 Å². The number of carbonyl (C=O) groups is 2. The van der Waals surface area contributed by atoms with Gasteiger partial charge >= 0.3 is 12.2 Å². The Balaban J connectivity index is 2.68. The van der Waals surface area contributed by atoms with Crippen LogP contribution in [0.25, 0.3) is 0 Å². The van der Waals surface area contributed by atoms with Gasteiger partial charge in [0.15, 0.2) is 0 Å². The minimum atomic E-state index is -0.823. The maximum Gasteiger partial charge on any atom is 0.417 e. The molecule has 0 heterocycles. The van der Waals surface area contributed by atoms with Crippen LogP contribution in [0.3, 0.4) is 0 Å². The summed E-state index contributed by atoms with van der Waals surface area (Å²) in [7, 11) is 0. The summed E-state index contributed by atoms with van der Waals surface area (Å²) in [5, 5.41) is 10.3. The smallest absolute Gasteiger partial charge is 0.417 e. The molecule has 0 aliphatic carbocycles.